The van der Waals surface area contributed by atoms with Gasteiger partial charge >= 0.3 is 0 Å². The second kappa shape index (κ2) is 6.36. The Kier molecular flexibility index (Phi) is 4.53. The van der Waals surface area contributed by atoms with E-state index < -0.39 is 0 Å². The zero-order chi connectivity index (χ0) is 12.8. The summed E-state index contributed by atoms with van der Waals surface area (Å²) in [6.07, 6.45) is 0. The number of hydrogen-bond acceptors (Lipinski definition) is 3. The standard InChI is InChI=1S/C15H16O2S/c1-12-4-2-3-5-15(12)17-10-11-18-14-8-6-13(16)7-9-14/h2-9,16H,10-11H2,1H3. The van der Waals surface area contributed by atoms with Crippen molar-refractivity contribution in [3.8, 4) is 11.5 Å². The molecular weight excluding hydrogens is 244 g/mol. The molecule has 0 aromatic heterocycles. The number of para-hydroxylation sites is 1. The molecule has 0 radical (unpaired) electrons. The molecule has 0 fully saturated rings. The van der Waals surface area contributed by atoms with Gasteiger partial charge in [0.25, 0.3) is 0 Å². The lowest BCUT2D eigenvalue weighted by molar-refractivity contribution is 0.341. The van der Waals surface area contributed by atoms with E-state index in [2.05, 4.69) is 0 Å². The Bertz CT molecular complexity index is 494. The summed E-state index contributed by atoms with van der Waals surface area (Å²) in [5.41, 5.74) is 1.16. The van der Waals surface area contributed by atoms with Crippen molar-refractivity contribution in [1.29, 1.82) is 0 Å². The highest BCUT2D eigenvalue weighted by Crippen LogP contribution is 2.21. The van der Waals surface area contributed by atoms with Gasteiger partial charge in [-0.3, -0.25) is 0 Å². The number of rotatable bonds is 5. The fourth-order valence-electron chi connectivity index (χ4n) is 1.57. The number of hydrogen-bond donors (Lipinski definition) is 1. The molecule has 2 aromatic rings. The van der Waals surface area contributed by atoms with Crippen molar-refractivity contribution < 1.29 is 9.84 Å². The molecule has 18 heavy (non-hydrogen) atoms. The van der Waals surface area contributed by atoms with Crippen LogP contribution >= 0.6 is 11.8 Å². The summed E-state index contributed by atoms with van der Waals surface area (Å²) < 4.78 is 5.71. The second-order valence-electron chi connectivity index (χ2n) is 3.96. The van der Waals surface area contributed by atoms with Crippen molar-refractivity contribution in [1.82, 2.24) is 0 Å². The number of aromatic hydroxyl groups is 1. The Labute approximate surface area is 112 Å². The number of thioether (sulfide) groups is 1. The first-order chi connectivity index (χ1) is 8.75. The Morgan fingerprint density at radius 3 is 2.50 bits per heavy atom. The van der Waals surface area contributed by atoms with Crippen LogP contribution in [0.25, 0.3) is 0 Å². The molecule has 0 bridgehead atoms. The van der Waals surface area contributed by atoms with Crippen LogP contribution in [0.5, 0.6) is 11.5 Å². The van der Waals surface area contributed by atoms with Gasteiger partial charge in [-0.15, -0.1) is 11.8 Å². The normalized spacial score (nSPS) is 10.3. The topological polar surface area (TPSA) is 29.5 Å². The van der Waals surface area contributed by atoms with E-state index in [1.54, 1.807) is 23.9 Å². The molecule has 0 spiro atoms. The van der Waals surface area contributed by atoms with Gasteiger partial charge in [0, 0.05) is 10.6 Å². The van der Waals surface area contributed by atoms with Gasteiger partial charge in [0.2, 0.25) is 0 Å². The molecule has 2 nitrogen and oxygen atoms in total. The largest absolute Gasteiger partial charge is 0.508 e. The molecule has 2 aromatic carbocycles. The predicted octanol–water partition coefficient (Wildman–Crippen LogP) is 3.87. The minimum atomic E-state index is 0.301. The second-order valence-corrected chi connectivity index (χ2v) is 5.12. The Morgan fingerprint density at radius 1 is 1.06 bits per heavy atom. The van der Waals surface area contributed by atoms with Crippen molar-refractivity contribution >= 4 is 11.8 Å². The van der Waals surface area contributed by atoms with Gasteiger partial charge in [0.1, 0.15) is 11.5 Å². The van der Waals surface area contributed by atoms with Crippen LogP contribution in [0, 0.1) is 6.92 Å². The molecule has 0 saturated heterocycles. The zero-order valence-electron chi connectivity index (χ0n) is 10.3. The molecule has 3 heteroatoms. The van der Waals surface area contributed by atoms with E-state index in [0.717, 1.165) is 22.0 Å². The maximum absolute atomic E-state index is 9.17. The molecular formula is C15H16O2S. The lowest BCUT2D eigenvalue weighted by Crippen LogP contribution is -2.01. The molecule has 94 valence electrons. The molecule has 0 aliphatic heterocycles. The molecule has 0 heterocycles. The van der Waals surface area contributed by atoms with Crippen LogP contribution in [0.1, 0.15) is 5.56 Å². The van der Waals surface area contributed by atoms with Crippen LogP contribution in [-0.2, 0) is 0 Å². The molecule has 0 aliphatic carbocycles. The van der Waals surface area contributed by atoms with Crippen LogP contribution in [0.15, 0.2) is 53.4 Å². The number of benzene rings is 2. The van der Waals surface area contributed by atoms with Crippen LogP contribution in [0.3, 0.4) is 0 Å². The van der Waals surface area contributed by atoms with E-state index in [-0.39, 0.29) is 0 Å². The van der Waals surface area contributed by atoms with Gasteiger partial charge in [-0.2, -0.15) is 0 Å². The summed E-state index contributed by atoms with van der Waals surface area (Å²) in [4.78, 5) is 1.14. The molecule has 0 atom stereocenters. The fourth-order valence-corrected chi connectivity index (χ4v) is 2.30. The first kappa shape index (κ1) is 12.8. The molecule has 0 unspecified atom stereocenters. The van der Waals surface area contributed by atoms with Gasteiger partial charge in [-0.25, -0.2) is 0 Å². The molecule has 0 amide bonds. The highest BCUT2D eigenvalue weighted by atomic mass is 32.2. The molecule has 0 saturated carbocycles. The third-order valence-electron chi connectivity index (χ3n) is 2.54. The van der Waals surface area contributed by atoms with Gasteiger partial charge < -0.3 is 9.84 Å². The first-order valence-electron chi connectivity index (χ1n) is 5.86. The summed E-state index contributed by atoms with van der Waals surface area (Å²) in [6, 6.07) is 15.2. The van der Waals surface area contributed by atoms with E-state index in [0.29, 0.717) is 12.4 Å². The van der Waals surface area contributed by atoms with Gasteiger partial charge in [-0.05, 0) is 42.8 Å². The third-order valence-corrected chi connectivity index (χ3v) is 3.52. The fraction of sp³-hybridized carbons (Fsp3) is 0.200. The quantitative estimate of drug-likeness (QED) is 0.653. The van der Waals surface area contributed by atoms with E-state index in [9.17, 15) is 5.11 Å². The SMILES string of the molecule is Cc1ccccc1OCCSc1ccc(O)cc1. The van der Waals surface area contributed by atoms with Crippen LogP contribution in [0.4, 0.5) is 0 Å². The number of ether oxygens (including phenoxy) is 1. The van der Waals surface area contributed by atoms with Crippen LogP contribution in [-0.4, -0.2) is 17.5 Å². The first-order valence-corrected chi connectivity index (χ1v) is 6.84. The minimum absolute atomic E-state index is 0.301. The van der Waals surface area contributed by atoms with Crippen molar-refractivity contribution in [3.05, 3.63) is 54.1 Å². The molecule has 2 rings (SSSR count). The number of aryl methyl sites for hydroxylation is 1. The monoisotopic (exact) mass is 260 g/mol. The number of phenolic OH excluding ortho intramolecular Hbond substituents is 1. The Morgan fingerprint density at radius 2 is 1.78 bits per heavy atom. The Balaban J connectivity index is 1.76. The van der Waals surface area contributed by atoms with Crippen molar-refractivity contribution in [2.24, 2.45) is 0 Å². The van der Waals surface area contributed by atoms with Gasteiger partial charge in [-0.1, -0.05) is 18.2 Å². The maximum atomic E-state index is 9.17. The maximum Gasteiger partial charge on any atom is 0.122 e. The summed E-state index contributed by atoms with van der Waals surface area (Å²) in [7, 11) is 0. The highest BCUT2D eigenvalue weighted by Gasteiger charge is 1.98. The average Bonchev–Trinajstić information content (AvgIpc) is 2.39. The third kappa shape index (κ3) is 3.70. The summed E-state index contributed by atoms with van der Waals surface area (Å²) in [6.45, 7) is 2.72. The van der Waals surface area contributed by atoms with Gasteiger partial charge in [0.15, 0.2) is 0 Å². The lowest BCUT2D eigenvalue weighted by atomic mass is 10.2. The van der Waals surface area contributed by atoms with Crippen molar-refractivity contribution in [2.45, 2.75) is 11.8 Å². The average molecular weight is 260 g/mol. The van der Waals surface area contributed by atoms with Crippen molar-refractivity contribution in [3.63, 3.8) is 0 Å². The van der Waals surface area contributed by atoms with E-state index in [4.69, 9.17) is 4.74 Å². The van der Waals surface area contributed by atoms with Gasteiger partial charge in [0.05, 0.1) is 6.61 Å². The highest BCUT2D eigenvalue weighted by molar-refractivity contribution is 7.99. The van der Waals surface area contributed by atoms with Crippen LogP contribution in [0.2, 0.25) is 0 Å². The van der Waals surface area contributed by atoms with Crippen molar-refractivity contribution in [2.75, 3.05) is 12.4 Å². The zero-order valence-corrected chi connectivity index (χ0v) is 11.1. The summed E-state index contributed by atoms with van der Waals surface area (Å²) in [5, 5.41) is 9.17. The molecule has 0 aliphatic rings. The minimum Gasteiger partial charge on any atom is -0.508 e. The summed E-state index contributed by atoms with van der Waals surface area (Å²) >= 11 is 1.72. The van der Waals surface area contributed by atoms with E-state index in [1.807, 2.05) is 43.3 Å². The summed E-state index contributed by atoms with van der Waals surface area (Å²) in [5.74, 6) is 2.14. The number of phenols is 1. The van der Waals surface area contributed by atoms with E-state index >= 15 is 0 Å². The smallest absolute Gasteiger partial charge is 0.122 e. The van der Waals surface area contributed by atoms with Crippen LogP contribution < -0.4 is 4.74 Å². The Hall–Kier alpha value is -1.61. The predicted molar refractivity (Wildman–Crippen MR) is 75.5 cm³/mol. The lowest BCUT2D eigenvalue weighted by Gasteiger charge is -2.08. The van der Waals surface area contributed by atoms with E-state index in [1.165, 1.54) is 0 Å². The molecule has 1 N–H and O–H groups in total.